The van der Waals surface area contributed by atoms with Crippen LogP contribution in [0.4, 0.5) is 4.39 Å². The maximum Gasteiger partial charge on any atom is 0.240 e. The Labute approximate surface area is 101 Å². The molecule has 0 aliphatic heterocycles. The number of benzene rings is 1. The zero-order valence-electron chi connectivity index (χ0n) is 9.75. The van der Waals surface area contributed by atoms with Crippen LogP contribution in [-0.4, -0.2) is 15.0 Å². The fraction of sp³-hybridized carbons (Fsp3) is 0.333. The van der Waals surface area contributed by atoms with Crippen LogP contribution in [0.2, 0.25) is 0 Å². The lowest BCUT2D eigenvalue weighted by Crippen LogP contribution is -2.25. The van der Waals surface area contributed by atoms with E-state index in [0.29, 0.717) is 12.0 Å². The van der Waals surface area contributed by atoms with Gasteiger partial charge in [0.25, 0.3) is 0 Å². The van der Waals surface area contributed by atoms with Gasteiger partial charge < -0.3 is 0 Å². The summed E-state index contributed by atoms with van der Waals surface area (Å²) in [4.78, 5) is 0.100. The lowest BCUT2D eigenvalue weighted by Gasteiger charge is -2.08. The van der Waals surface area contributed by atoms with E-state index in [1.165, 1.54) is 12.1 Å². The fourth-order valence-electron chi connectivity index (χ4n) is 1.36. The van der Waals surface area contributed by atoms with Gasteiger partial charge in [-0.1, -0.05) is 0 Å². The minimum Gasteiger partial charge on any atom is -0.210 e. The van der Waals surface area contributed by atoms with Crippen LogP contribution >= 0.6 is 0 Å². The highest BCUT2D eigenvalue weighted by molar-refractivity contribution is 7.89. The van der Waals surface area contributed by atoms with Gasteiger partial charge in [0.05, 0.1) is 4.90 Å². The predicted molar refractivity (Wildman–Crippen MR) is 64.4 cm³/mol. The molecule has 0 spiro atoms. The standard InChI is InChI=1S/C12H14FNO2S/c1-3-4-5-8-14-17(15,16)12-7-6-11(13)9-10(12)2/h6-7,9,14H,5,8H2,1-2H3. The first-order chi connectivity index (χ1) is 7.97. The van der Waals surface area contributed by atoms with Gasteiger partial charge in [0.1, 0.15) is 5.82 Å². The van der Waals surface area contributed by atoms with Gasteiger partial charge in [-0.2, -0.15) is 0 Å². The van der Waals surface area contributed by atoms with Crippen LogP contribution in [0.25, 0.3) is 0 Å². The summed E-state index contributed by atoms with van der Waals surface area (Å²) in [5.41, 5.74) is 0.388. The van der Waals surface area contributed by atoms with Crippen LogP contribution in [0.15, 0.2) is 23.1 Å². The Balaban J connectivity index is 2.85. The Morgan fingerprint density at radius 2 is 2.12 bits per heavy atom. The summed E-state index contributed by atoms with van der Waals surface area (Å²) < 4.78 is 39.0. The van der Waals surface area contributed by atoms with E-state index in [-0.39, 0.29) is 11.4 Å². The van der Waals surface area contributed by atoms with Crippen molar-refractivity contribution in [2.24, 2.45) is 0 Å². The molecule has 0 aliphatic carbocycles. The van der Waals surface area contributed by atoms with Crippen molar-refractivity contribution in [2.45, 2.75) is 25.2 Å². The number of hydrogen-bond donors (Lipinski definition) is 1. The second kappa shape index (κ2) is 5.80. The van der Waals surface area contributed by atoms with E-state index in [0.717, 1.165) is 6.07 Å². The van der Waals surface area contributed by atoms with Crippen LogP contribution < -0.4 is 4.72 Å². The van der Waals surface area contributed by atoms with Crippen molar-refractivity contribution in [3.8, 4) is 11.8 Å². The molecule has 0 bridgehead atoms. The van der Waals surface area contributed by atoms with Crippen molar-refractivity contribution in [1.82, 2.24) is 4.72 Å². The maximum absolute atomic E-state index is 12.9. The topological polar surface area (TPSA) is 46.2 Å². The Hall–Kier alpha value is -1.38. The molecular formula is C12H14FNO2S. The molecule has 0 aliphatic rings. The number of sulfonamides is 1. The van der Waals surface area contributed by atoms with E-state index in [9.17, 15) is 12.8 Å². The Bertz CT molecular complexity index is 556. The van der Waals surface area contributed by atoms with Gasteiger partial charge in [0, 0.05) is 13.0 Å². The normalized spacial score (nSPS) is 10.8. The van der Waals surface area contributed by atoms with Crippen molar-refractivity contribution < 1.29 is 12.8 Å². The Morgan fingerprint density at radius 3 is 2.71 bits per heavy atom. The summed E-state index contributed by atoms with van der Waals surface area (Å²) in [6.07, 6.45) is 0.454. The molecule has 92 valence electrons. The zero-order chi connectivity index (χ0) is 12.9. The molecule has 0 atom stereocenters. The van der Waals surface area contributed by atoms with Gasteiger partial charge in [0.2, 0.25) is 10.0 Å². The number of hydrogen-bond acceptors (Lipinski definition) is 2. The molecule has 0 heterocycles. The molecule has 0 radical (unpaired) electrons. The van der Waals surface area contributed by atoms with Gasteiger partial charge >= 0.3 is 0 Å². The van der Waals surface area contributed by atoms with E-state index in [2.05, 4.69) is 16.6 Å². The molecule has 1 rings (SSSR count). The van der Waals surface area contributed by atoms with Crippen molar-refractivity contribution >= 4 is 10.0 Å². The smallest absolute Gasteiger partial charge is 0.210 e. The van der Waals surface area contributed by atoms with Crippen molar-refractivity contribution in [2.75, 3.05) is 6.54 Å². The van der Waals surface area contributed by atoms with E-state index < -0.39 is 15.8 Å². The summed E-state index contributed by atoms with van der Waals surface area (Å²) in [6.45, 7) is 3.50. The highest BCUT2D eigenvalue weighted by Gasteiger charge is 2.15. The number of halogens is 1. The highest BCUT2D eigenvalue weighted by Crippen LogP contribution is 2.15. The van der Waals surface area contributed by atoms with E-state index in [1.807, 2.05) is 0 Å². The summed E-state index contributed by atoms with van der Waals surface area (Å²) in [5, 5.41) is 0. The number of nitrogens with one attached hydrogen (secondary N) is 1. The van der Waals surface area contributed by atoms with Crippen LogP contribution in [-0.2, 0) is 10.0 Å². The third-order valence-corrected chi connectivity index (χ3v) is 3.77. The molecule has 1 aromatic carbocycles. The molecular weight excluding hydrogens is 241 g/mol. The molecule has 0 saturated heterocycles. The zero-order valence-corrected chi connectivity index (χ0v) is 10.6. The minimum absolute atomic E-state index is 0.100. The van der Waals surface area contributed by atoms with E-state index in [4.69, 9.17) is 0 Å². The summed E-state index contributed by atoms with van der Waals surface area (Å²) >= 11 is 0. The molecule has 0 fully saturated rings. The van der Waals surface area contributed by atoms with Gasteiger partial charge in [-0.05, 0) is 37.6 Å². The lowest BCUT2D eigenvalue weighted by atomic mass is 10.2. The lowest BCUT2D eigenvalue weighted by molar-refractivity contribution is 0.580. The Morgan fingerprint density at radius 1 is 1.41 bits per heavy atom. The highest BCUT2D eigenvalue weighted by atomic mass is 32.2. The second-order valence-corrected chi connectivity index (χ2v) is 5.22. The monoisotopic (exact) mass is 255 g/mol. The first-order valence-electron chi connectivity index (χ1n) is 5.13. The summed E-state index contributed by atoms with van der Waals surface area (Å²) in [7, 11) is -3.57. The molecule has 0 saturated carbocycles. The third-order valence-electron chi connectivity index (χ3n) is 2.15. The van der Waals surface area contributed by atoms with Gasteiger partial charge in [-0.15, -0.1) is 11.8 Å². The molecule has 0 unspecified atom stereocenters. The molecule has 3 nitrogen and oxygen atoms in total. The van der Waals surface area contributed by atoms with E-state index >= 15 is 0 Å². The fourth-order valence-corrected chi connectivity index (χ4v) is 2.62. The molecule has 1 aromatic rings. The minimum atomic E-state index is -3.57. The Kier molecular flexibility index (Phi) is 4.67. The quantitative estimate of drug-likeness (QED) is 0.659. The first kappa shape index (κ1) is 13.7. The average molecular weight is 255 g/mol. The van der Waals surface area contributed by atoms with E-state index in [1.54, 1.807) is 13.8 Å². The average Bonchev–Trinajstić information content (AvgIpc) is 2.24. The van der Waals surface area contributed by atoms with Crippen molar-refractivity contribution in [3.05, 3.63) is 29.6 Å². The molecule has 5 heteroatoms. The van der Waals surface area contributed by atoms with Gasteiger partial charge in [-0.3, -0.25) is 0 Å². The SMILES string of the molecule is CC#CCCNS(=O)(=O)c1ccc(F)cc1C. The van der Waals surface area contributed by atoms with Crippen LogP contribution in [0.1, 0.15) is 18.9 Å². The largest absolute Gasteiger partial charge is 0.240 e. The first-order valence-corrected chi connectivity index (χ1v) is 6.61. The molecule has 0 amide bonds. The number of rotatable bonds is 4. The van der Waals surface area contributed by atoms with Crippen molar-refractivity contribution in [3.63, 3.8) is 0 Å². The summed E-state index contributed by atoms with van der Waals surface area (Å²) in [5.74, 6) is 4.99. The maximum atomic E-state index is 12.9. The molecule has 0 aromatic heterocycles. The molecule has 17 heavy (non-hydrogen) atoms. The van der Waals surface area contributed by atoms with Gasteiger partial charge in [0.15, 0.2) is 0 Å². The predicted octanol–water partition coefficient (Wildman–Crippen LogP) is 1.83. The molecule has 1 N–H and O–H groups in total. The number of aryl methyl sites for hydroxylation is 1. The van der Waals surface area contributed by atoms with Crippen LogP contribution in [0.5, 0.6) is 0 Å². The third kappa shape index (κ3) is 3.84. The van der Waals surface area contributed by atoms with Crippen LogP contribution in [0.3, 0.4) is 0 Å². The van der Waals surface area contributed by atoms with Crippen LogP contribution in [0, 0.1) is 24.6 Å². The van der Waals surface area contributed by atoms with Gasteiger partial charge in [-0.25, -0.2) is 17.5 Å². The summed E-state index contributed by atoms with van der Waals surface area (Å²) in [6, 6.07) is 3.59. The van der Waals surface area contributed by atoms with Crippen molar-refractivity contribution in [1.29, 1.82) is 0 Å². The second-order valence-electron chi connectivity index (χ2n) is 3.48.